The Balaban J connectivity index is 0.000000810. The van der Waals surface area contributed by atoms with Gasteiger partial charge in [0.1, 0.15) is 5.82 Å². The van der Waals surface area contributed by atoms with Gasteiger partial charge in [-0.15, -0.1) is 0 Å². The Kier molecular flexibility index (Phi) is 3.12. The van der Waals surface area contributed by atoms with Crippen LogP contribution in [0.5, 0.6) is 0 Å². The molecule has 1 aromatic carbocycles. The second-order valence-electron chi connectivity index (χ2n) is 1.67. The van der Waals surface area contributed by atoms with Gasteiger partial charge in [-0.1, -0.05) is 11.6 Å². The average molecular weight is 163 g/mol. The third-order valence-electron chi connectivity index (χ3n) is 0.944. The van der Waals surface area contributed by atoms with Gasteiger partial charge in [0, 0.05) is 5.69 Å². The van der Waals surface area contributed by atoms with Gasteiger partial charge in [0.2, 0.25) is 0 Å². The molecule has 1 rings (SSSR count). The third kappa shape index (κ3) is 1.86. The SMILES string of the molecule is N.Nc1ccc(F)c(Cl)c1. The molecule has 0 unspecified atom stereocenters. The van der Waals surface area contributed by atoms with E-state index in [1.54, 1.807) is 0 Å². The maximum Gasteiger partial charge on any atom is 0.141 e. The first-order chi connectivity index (χ1) is 4.20. The van der Waals surface area contributed by atoms with Crippen LogP contribution in [0.3, 0.4) is 0 Å². The van der Waals surface area contributed by atoms with Crippen LogP contribution in [0.15, 0.2) is 18.2 Å². The van der Waals surface area contributed by atoms with Crippen LogP contribution in [0.2, 0.25) is 5.02 Å². The number of rotatable bonds is 0. The first kappa shape index (κ1) is 9.20. The summed E-state index contributed by atoms with van der Waals surface area (Å²) in [6.07, 6.45) is 0. The Morgan fingerprint density at radius 2 is 2.00 bits per heavy atom. The zero-order valence-electron chi connectivity index (χ0n) is 5.27. The highest BCUT2D eigenvalue weighted by molar-refractivity contribution is 6.30. The maximum absolute atomic E-state index is 12.3. The highest BCUT2D eigenvalue weighted by Crippen LogP contribution is 2.16. The molecule has 2 nitrogen and oxygen atoms in total. The van der Waals surface area contributed by atoms with Gasteiger partial charge in [0.15, 0.2) is 0 Å². The minimum absolute atomic E-state index is 0. The van der Waals surface area contributed by atoms with E-state index in [1.165, 1.54) is 18.2 Å². The van der Waals surface area contributed by atoms with Crippen molar-refractivity contribution in [1.82, 2.24) is 6.15 Å². The average Bonchev–Trinajstić information content (AvgIpc) is 1.80. The van der Waals surface area contributed by atoms with Crippen LogP contribution in [0.25, 0.3) is 0 Å². The van der Waals surface area contributed by atoms with Gasteiger partial charge in [-0.25, -0.2) is 4.39 Å². The molecular formula is C6H8ClFN2. The van der Waals surface area contributed by atoms with E-state index < -0.39 is 5.82 Å². The molecular weight excluding hydrogens is 155 g/mol. The third-order valence-corrected chi connectivity index (χ3v) is 1.23. The summed E-state index contributed by atoms with van der Waals surface area (Å²) in [6, 6.07) is 4.07. The summed E-state index contributed by atoms with van der Waals surface area (Å²) in [7, 11) is 0. The molecule has 0 aliphatic heterocycles. The van der Waals surface area contributed by atoms with E-state index in [1.807, 2.05) is 0 Å². The second-order valence-corrected chi connectivity index (χ2v) is 2.08. The molecule has 10 heavy (non-hydrogen) atoms. The summed E-state index contributed by atoms with van der Waals surface area (Å²) in [5.41, 5.74) is 5.75. The Labute approximate surface area is 63.4 Å². The van der Waals surface area contributed by atoms with Crippen LogP contribution in [-0.4, -0.2) is 0 Å². The van der Waals surface area contributed by atoms with Crippen LogP contribution in [0.4, 0.5) is 10.1 Å². The van der Waals surface area contributed by atoms with Gasteiger partial charge in [-0.3, -0.25) is 0 Å². The number of nitrogens with two attached hydrogens (primary N) is 1. The number of hydrogen-bond donors (Lipinski definition) is 2. The smallest absolute Gasteiger partial charge is 0.141 e. The Morgan fingerprint density at radius 3 is 2.40 bits per heavy atom. The molecule has 5 N–H and O–H groups in total. The Hall–Kier alpha value is -0.800. The molecule has 1 aromatic rings. The summed E-state index contributed by atoms with van der Waals surface area (Å²) in [5, 5.41) is 0.0648. The fourth-order valence-electron chi connectivity index (χ4n) is 0.512. The molecule has 0 aliphatic carbocycles. The molecule has 0 heterocycles. The molecule has 0 aromatic heterocycles. The summed E-state index contributed by atoms with van der Waals surface area (Å²) in [6.45, 7) is 0. The van der Waals surface area contributed by atoms with Crippen molar-refractivity contribution >= 4 is 17.3 Å². The lowest BCUT2D eigenvalue weighted by Crippen LogP contribution is -1.84. The first-order valence-corrected chi connectivity index (χ1v) is 2.78. The summed E-state index contributed by atoms with van der Waals surface area (Å²) in [5.74, 6) is -0.439. The number of nitrogen functional groups attached to an aromatic ring is 1. The minimum Gasteiger partial charge on any atom is -0.399 e. The second kappa shape index (κ2) is 3.39. The molecule has 0 radical (unpaired) electrons. The van der Waals surface area contributed by atoms with Crippen LogP contribution in [0, 0.1) is 5.82 Å². The van der Waals surface area contributed by atoms with E-state index in [0.29, 0.717) is 5.69 Å². The molecule has 0 aliphatic rings. The number of halogens is 2. The summed E-state index contributed by atoms with van der Waals surface area (Å²) >= 11 is 5.36. The lowest BCUT2D eigenvalue weighted by molar-refractivity contribution is 0.628. The van der Waals surface area contributed by atoms with Gasteiger partial charge < -0.3 is 11.9 Å². The van der Waals surface area contributed by atoms with Crippen molar-refractivity contribution in [2.45, 2.75) is 0 Å². The van der Waals surface area contributed by atoms with Crippen molar-refractivity contribution in [3.63, 3.8) is 0 Å². The van der Waals surface area contributed by atoms with E-state index in [2.05, 4.69) is 0 Å². The lowest BCUT2D eigenvalue weighted by atomic mass is 10.3. The van der Waals surface area contributed by atoms with Gasteiger partial charge in [0.05, 0.1) is 5.02 Å². The molecule has 0 saturated carbocycles. The number of benzene rings is 1. The number of anilines is 1. The fraction of sp³-hybridized carbons (Fsp3) is 0. The monoisotopic (exact) mass is 162 g/mol. The number of hydrogen-bond acceptors (Lipinski definition) is 2. The van der Waals surface area contributed by atoms with Gasteiger partial charge in [-0.2, -0.15) is 0 Å². The van der Waals surface area contributed by atoms with E-state index in [4.69, 9.17) is 17.3 Å². The molecule has 0 bridgehead atoms. The Bertz CT molecular complexity index is 227. The van der Waals surface area contributed by atoms with E-state index in [9.17, 15) is 4.39 Å². The predicted molar refractivity (Wildman–Crippen MR) is 40.8 cm³/mol. The van der Waals surface area contributed by atoms with Crippen molar-refractivity contribution in [2.24, 2.45) is 0 Å². The van der Waals surface area contributed by atoms with Gasteiger partial charge in [-0.05, 0) is 18.2 Å². The van der Waals surface area contributed by atoms with E-state index >= 15 is 0 Å². The van der Waals surface area contributed by atoms with Crippen molar-refractivity contribution in [2.75, 3.05) is 5.73 Å². The molecule has 0 saturated heterocycles. The van der Waals surface area contributed by atoms with E-state index in [-0.39, 0.29) is 11.2 Å². The molecule has 4 heteroatoms. The highest BCUT2D eigenvalue weighted by atomic mass is 35.5. The van der Waals surface area contributed by atoms with Crippen molar-refractivity contribution in [1.29, 1.82) is 0 Å². The van der Waals surface area contributed by atoms with Crippen LogP contribution in [-0.2, 0) is 0 Å². The largest absolute Gasteiger partial charge is 0.399 e. The van der Waals surface area contributed by atoms with Crippen LogP contribution in [0.1, 0.15) is 0 Å². The van der Waals surface area contributed by atoms with Crippen LogP contribution < -0.4 is 11.9 Å². The molecule has 56 valence electrons. The Morgan fingerprint density at radius 1 is 1.40 bits per heavy atom. The normalized spacial score (nSPS) is 8.60. The molecule has 0 spiro atoms. The highest BCUT2D eigenvalue weighted by Gasteiger charge is 1.95. The van der Waals surface area contributed by atoms with Crippen molar-refractivity contribution in [3.05, 3.63) is 29.0 Å². The topological polar surface area (TPSA) is 61.0 Å². The molecule has 0 amide bonds. The van der Waals surface area contributed by atoms with Gasteiger partial charge in [0.25, 0.3) is 0 Å². The summed E-state index contributed by atoms with van der Waals surface area (Å²) in [4.78, 5) is 0. The fourth-order valence-corrected chi connectivity index (χ4v) is 0.701. The quantitative estimate of drug-likeness (QED) is 0.575. The molecule has 0 atom stereocenters. The minimum atomic E-state index is -0.439. The van der Waals surface area contributed by atoms with Crippen molar-refractivity contribution < 1.29 is 4.39 Å². The standard InChI is InChI=1S/C6H5ClFN.H3N/c7-5-3-4(9)1-2-6(5)8;/h1-3H,9H2;1H3. The van der Waals surface area contributed by atoms with Crippen LogP contribution >= 0.6 is 11.6 Å². The van der Waals surface area contributed by atoms with Crippen molar-refractivity contribution in [3.8, 4) is 0 Å². The maximum atomic E-state index is 12.3. The molecule has 0 fully saturated rings. The first-order valence-electron chi connectivity index (χ1n) is 2.40. The van der Waals surface area contributed by atoms with Gasteiger partial charge >= 0.3 is 0 Å². The predicted octanol–water partition coefficient (Wildman–Crippen LogP) is 2.22. The summed E-state index contributed by atoms with van der Waals surface area (Å²) < 4.78 is 12.3. The zero-order valence-corrected chi connectivity index (χ0v) is 6.03. The zero-order chi connectivity index (χ0) is 6.85. The van der Waals surface area contributed by atoms with E-state index in [0.717, 1.165) is 0 Å². The lowest BCUT2D eigenvalue weighted by Gasteiger charge is -1.93.